The Hall–Kier alpha value is -0.900. The van der Waals surface area contributed by atoms with Gasteiger partial charge in [0.1, 0.15) is 5.82 Å². The third-order valence-corrected chi connectivity index (χ3v) is 3.85. The number of halogens is 2. The van der Waals surface area contributed by atoms with Crippen LogP contribution in [0, 0.1) is 11.7 Å². The molecule has 0 spiro atoms. The number of ether oxygens (including phenoxy) is 1. The minimum absolute atomic E-state index is 0.210. The first-order chi connectivity index (χ1) is 7.99. The van der Waals surface area contributed by atoms with Crippen molar-refractivity contribution in [1.29, 1.82) is 0 Å². The largest absolute Gasteiger partial charge is 0.466 e. The van der Waals surface area contributed by atoms with Crippen molar-refractivity contribution in [2.24, 2.45) is 5.92 Å². The molecule has 0 bridgehead atoms. The predicted molar refractivity (Wildman–Crippen MR) is 66.2 cm³/mol. The zero-order valence-electron chi connectivity index (χ0n) is 9.80. The molecule has 1 aliphatic rings. The molecule has 0 radical (unpaired) electrons. The molecule has 2 nitrogen and oxygen atoms in total. The summed E-state index contributed by atoms with van der Waals surface area (Å²) in [6, 6.07) is 4.96. The van der Waals surface area contributed by atoms with Gasteiger partial charge in [0.15, 0.2) is 0 Å². The lowest BCUT2D eigenvalue weighted by Crippen LogP contribution is -2.15. The number of hydrogen-bond acceptors (Lipinski definition) is 2. The molecular formula is C13H14BrFO2. The van der Waals surface area contributed by atoms with E-state index in [1.165, 1.54) is 6.07 Å². The van der Waals surface area contributed by atoms with Crippen molar-refractivity contribution in [3.8, 4) is 0 Å². The Morgan fingerprint density at radius 3 is 2.94 bits per heavy atom. The van der Waals surface area contributed by atoms with Gasteiger partial charge < -0.3 is 4.74 Å². The van der Waals surface area contributed by atoms with Gasteiger partial charge in [-0.1, -0.05) is 28.9 Å². The van der Waals surface area contributed by atoms with E-state index in [-0.39, 0.29) is 17.7 Å². The molecule has 0 aliphatic heterocycles. The maximum Gasteiger partial charge on any atom is 0.309 e. The van der Waals surface area contributed by atoms with Crippen molar-refractivity contribution in [3.05, 3.63) is 34.1 Å². The zero-order chi connectivity index (χ0) is 12.6. The Bertz CT molecular complexity index is 461. The van der Waals surface area contributed by atoms with Gasteiger partial charge in [0, 0.05) is 9.89 Å². The first-order valence-electron chi connectivity index (χ1n) is 5.61. The third kappa shape index (κ3) is 2.23. The lowest BCUT2D eigenvalue weighted by Gasteiger charge is -2.12. The number of hydrogen-bond donors (Lipinski definition) is 0. The van der Waals surface area contributed by atoms with Crippen molar-refractivity contribution in [1.82, 2.24) is 0 Å². The van der Waals surface area contributed by atoms with Crippen LogP contribution in [0.3, 0.4) is 0 Å². The lowest BCUT2D eigenvalue weighted by molar-refractivity contribution is -0.145. The standard InChI is InChI=1S/C13H14BrFO2/c1-3-17-12(16)10-7-13(10,2)9-5-4-8(14)6-11(9)15/h4-6,10H,3,7H2,1-2H3. The van der Waals surface area contributed by atoms with Gasteiger partial charge in [0.05, 0.1) is 12.5 Å². The van der Waals surface area contributed by atoms with Gasteiger partial charge in [0.25, 0.3) is 0 Å². The summed E-state index contributed by atoms with van der Waals surface area (Å²) in [7, 11) is 0. The number of benzene rings is 1. The van der Waals surface area contributed by atoms with Crippen molar-refractivity contribution < 1.29 is 13.9 Å². The molecule has 2 unspecified atom stereocenters. The third-order valence-electron chi connectivity index (χ3n) is 3.35. The Balaban J connectivity index is 2.22. The van der Waals surface area contributed by atoms with Crippen LogP contribution in [0.1, 0.15) is 25.8 Å². The molecule has 0 N–H and O–H groups in total. The van der Waals surface area contributed by atoms with E-state index in [4.69, 9.17) is 4.74 Å². The smallest absolute Gasteiger partial charge is 0.309 e. The van der Waals surface area contributed by atoms with E-state index in [9.17, 15) is 9.18 Å². The van der Waals surface area contributed by atoms with Crippen LogP contribution in [-0.2, 0) is 14.9 Å². The van der Waals surface area contributed by atoms with Crippen LogP contribution in [-0.4, -0.2) is 12.6 Å². The zero-order valence-corrected chi connectivity index (χ0v) is 11.4. The topological polar surface area (TPSA) is 26.3 Å². The van der Waals surface area contributed by atoms with E-state index < -0.39 is 5.41 Å². The van der Waals surface area contributed by atoms with Crippen LogP contribution in [0.2, 0.25) is 0 Å². The number of carbonyl (C=O) groups excluding carboxylic acids is 1. The monoisotopic (exact) mass is 300 g/mol. The SMILES string of the molecule is CCOC(=O)C1CC1(C)c1ccc(Br)cc1F. The van der Waals surface area contributed by atoms with Gasteiger partial charge in [0.2, 0.25) is 0 Å². The normalized spacial score (nSPS) is 26.7. The summed E-state index contributed by atoms with van der Waals surface area (Å²) in [5, 5.41) is 0. The van der Waals surface area contributed by atoms with Crippen molar-refractivity contribution in [3.63, 3.8) is 0 Å². The van der Waals surface area contributed by atoms with E-state index in [0.717, 1.165) is 0 Å². The summed E-state index contributed by atoms with van der Waals surface area (Å²) in [5.41, 5.74) is 0.190. The molecule has 17 heavy (non-hydrogen) atoms. The van der Waals surface area contributed by atoms with Crippen LogP contribution in [0.5, 0.6) is 0 Å². The van der Waals surface area contributed by atoms with E-state index in [1.807, 2.05) is 6.92 Å². The molecule has 1 aliphatic carbocycles. The van der Waals surface area contributed by atoms with Gasteiger partial charge >= 0.3 is 5.97 Å². The first-order valence-corrected chi connectivity index (χ1v) is 6.40. The fraction of sp³-hybridized carbons (Fsp3) is 0.462. The fourth-order valence-electron chi connectivity index (χ4n) is 2.20. The second-order valence-electron chi connectivity index (χ2n) is 4.55. The van der Waals surface area contributed by atoms with Gasteiger partial charge in [-0.05, 0) is 31.0 Å². The molecule has 1 saturated carbocycles. The fourth-order valence-corrected chi connectivity index (χ4v) is 2.53. The van der Waals surface area contributed by atoms with Crippen LogP contribution in [0.25, 0.3) is 0 Å². The minimum atomic E-state index is -0.406. The molecule has 0 amide bonds. The summed E-state index contributed by atoms with van der Waals surface area (Å²) in [6.07, 6.45) is 0.657. The van der Waals surface area contributed by atoms with Crippen LogP contribution in [0.15, 0.2) is 22.7 Å². The van der Waals surface area contributed by atoms with E-state index in [0.29, 0.717) is 23.1 Å². The Kier molecular flexibility index (Phi) is 3.25. The minimum Gasteiger partial charge on any atom is -0.466 e. The molecule has 0 heterocycles. The van der Waals surface area contributed by atoms with Crippen LogP contribution < -0.4 is 0 Å². The van der Waals surface area contributed by atoms with E-state index >= 15 is 0 Å². The molecule has 92 valence electrons. The van der Waals surface area contributed by atoms with Crippen LogP contribution >= 0.6 is 15.9 Å². The maximum absolute atomic E-state index is 13.8. The maximum atomic E-state index is 13.8. The average molecular weight is 301 g/mol. The van der Waals surface area contributed by atoms with E-state index in [2.05, 4.69) is 15.9 Å². The quantitative estimate of drug-likeness (QED) is 0.800. The Morgan fingerprint density at radius 2 is 2.35 bits per heavy atom. The summed E-state index contributed by atoms with van der Waals surface area (Å²) in [6.45, 7) is 4.05. The predicted octanol–water partition coefficient (Wildman–Crippen LogP) is 3.43. The molecule has 0 saturated heterocycles. The molecule has 1 aromatic rings. The first kappa shape index (κ1) is 12.6. The highest BCUT2D eigenvalue weighted by Crippen LogP contribution is 2.55. The van der Waals surface area contributed by atoms with Gasteiger partial charge in [-0.2, -0.15) is 0 Å². The second-order valence-corrected chi connectivity index (χ2v) is 5.47. The molecule has 2 rings (SSSR count). The molecule has 4 heteroatoms. The molecular weight excluding hydrogens is 287 g/mol. The number of rotatable bonds is 3. The summed E-state index contributed by atoms with van der Waals surface area (Å²) in [4.78, 5) is 11.6. The summed E-state index contributed by atoms with van der Waals surface area (Å²) in [5.74, 6) is -0.705. The highest BCUT2D eigenvalue weighted by atomic mass is 79.9. The van der Waals surface area contributed by atoms with Crippen LogP contribution in [0.4, 0.5) is 4.39 Å². The summed E-state index contributed by atoms with van der Waals surface area (Å²) < 4.78 is 19.5. The Morgan fingerprint density at radius 1 is 1.65 bits per heavy atom. The molecule has 1 fully saturated rings. The number of carbonyl (C=O) groups is 1. The van der Waals surface area contributed by atoms with Crippen molar-refractivity contribution in [2.75, 3.05) is 6.61 Å². The van der Waals surface area contributed by atoms with Gasteiger partial charge in [-0.3, -0.25) is 4.79 Å². The van der Waals surface area contributed by atoms with Gasteiger partial charge in [-0.25, -0.2) is 4.39 Å². The molecule has 0 aromatic heterocycles. The second kappa shape index (κ2) is 4.41. The number of esters is 1. The Labute approximate surface area is 108 Å². The summed E-state index contributed by atoms with van der Waals surface area (Å²) >= 11 is 3.22. The molecule has 2 atom stereocenters. The average Bonchev–Trinajstić information content (AvgIpc) is 2.92. The lowest BCUT2D eigenvalue weighted by atomic mass is 9.95. The van der Waals surface area contributed by atoms with Crippen molar-refractivity contribution in [2.45, 2.75) is 25.7 Å². The van der Waals surface area contributed by atoms with Crippen molar-refractivity contribution >= 4 is 21.9 Å². The van der Waals surface area contributed by atoms with E-state index in [1.54, 1.807) is 19.1 Å². The van der Waals surface area contributed by atoms with Gasteiger partial charge in [-0.15, -0.1) is 0 Å². The highest BCUT2D eigenvalue weighted by Gasteiger charge is 2.57. The highest BCUT2D eigenvalue weighted by molar-refractivity contribution is 9.10. The molecule has 1 aromatic carbocycles.